The van der Waals surface area contributed by atoms with Crippen molar-refractivity contribution in [3.8, 4) is 0 Å². The highest BCUT2D eigenvalue weighted by atomic mass is 32.1. The smallest absolute Gasteiger partial charge is 0.374 e. The van der Waals surface area contributed by atoms with Crippen LogP contribution < -0.4 is 5.32 Å². The van der Waals surface area contributed by atoms with E-state index in [2.05, 4.69) is 10.3 Å². The molecular formula is C13H12F3N3O2S. The second-order valence-corrected chi connectivity index (χ2v) is 5.98. The molecule has 118 valence electrons. The molecule has 0 fully saturated rings. The lowest BCUT2D eigenvalue weighted by molar-refractivity contribution is -0.384. The van der Waals surface area contributed by atoms with Crippen LogP contribution in [-0.4, -0.2) is 9.91 Å². The topological polar surface area (TPSA) is 68.1 Å². The van der Waals surface area contributed by atoms with E-state index in [1.54, 1.807) is 0 Å². The van der Waals surface area contributed by atoms with Crippen molar-refractivity contribution in [2.45, 2.75) is 26.6 Å². The van der Waals surface area contributed by atoms with Gasteiger partial charge < -0.3 is 5.32 Å². The summed E-state index contributed by atoms with van der Waals surface area (Å²) in [5.41, 5.74) is -0.912. The van der Waals surface area contributed by atoms with Crippen LogP contribution >= 0.6 is 11.3 Å². The Morgan fingerprint density at radius 2 is 2.05 bits per heavy atom. The molecule has 1 aromatic heterocycles. The van der Waals surface area contributed by atoms with Gasteiger partial charge >= 0.3 is 6.18 Å². The third kappa shape index (κ3) is 3.53. The highest BCUT2D eigenvalue weighted by Gasteiger charge is 2.33. The lowest BCUT2D eigenvalue weighted by atomic mass is 10.1. The number of benzene rings is 1. The Morgan fingerprint density at radius 3 is 2.55 bits per heavy atom. The summed E-state index contributed by atoms with van der Waals surface area (Å²) in [7, 11) is 0. The normalized spacial score (nSPS) is 11.5. The molecule has 0 amide bonds. The predicted octanol–water partition coefficient (Wildman–Crippen LogP) is 4.30. The minimum absolute atomic E-state index is 0.0306. The number of nitrogens with zero attached hydrogens (tertiary/aromatic N) is 2. The lowest BCUT2D eigenvalue weighted by Gasteiger charge is -2.10. The Bertz CT molecular complexity index is 713. The number of anilines is 1. The fourth-order valence-electron chi connectivity index (χ4n) is 1.92. The number of rotatable bonds is 4. The molecule has 22 heavy (non-hydrogen) atoms. The Labute approximate surface area is 128 Å². The quantitative estimate of drug-likeness (QED) is 0.670. The summed E-state index contributed by atoms with van der Waals surface area (Å²) in [4.78, 5) is 15.4. The Hall–Kier alpha value is -2.16. The van der Waals surface area contributed by atoms with E-state index < -0.39 is 22.4 Å². The van der Waals surface area contributed by atoms with Crippen molar-refractivity contribution in [1.82, 2.24) is 4.98 Å². The number of nitrogens with one attached hydrogen (secondary N) is 1. The van der Waals surface area contributed by atoms with Crippen molar-refractivity contribution in [2.75, 3.05) is 5.32 Å². The van der Waals surface area contributed by atoms with E-state index in [1.165, 1.54) is 11.3 Å². The summed E-state index contributed by atoms with van der Waals surface area (Å²) in [6.45, 7) is 3.91. The van der Waals surface area contributed by atoms with Crippen molar-refractivity contribution in [1.29, 1.82) is 0 Å². The van der Waals surface area contributed by atoms with Gasteiger partial charge in [-0.15, -0.1) is 11.3 Å². The maximum absolute atomic E-state index is 12.6. The van der Waals surface area contributed by atoms with E-state index in [0.29, 0.717) is 6.07 Å². The lowest BCUT2D eigenvalue weighted by Crippen LogP contribution is -2.08. The second kappa shape index (κ2) is 5.91. The number of hydrogen-bond acceptors (Lipinski definition) is 5. The van der Waals surface area contributed by atoms with Crippen molar-refractivity contribution in [3.63, 3.8) is 0 Å². The van der Waals surface area contributed by atoms with Crippen molar-refractivity contribution in [2.24, 2.45) is 0 Å². The van der Waals surface area contributed by atoms with Crippen LogP contribution in [0.1, 0.15) is 21.1 Å². The zero-order chi connectivity index (χ0) is 16.5. The second-order valence-electron chi connectivity index (χ2n) is 4.58. The van der Waals surface area contributed by atoms with E-state index in [9.17, 15) is 23.3 Å². The van der Waals surface area contributed by atoms with Gasteiger partial charge in [0.15, 0.2) is 0 Å². The first-order chi connectivity index (χ1) is 10.2. The summed E-state index contributed by atoms with van der Waals surface area (Å²) >= 11 is 1.49. The fraction of sp³-hybridized carbons (Fsp3) is 0.308. The molecular weight excluding hydrogens is 319 g/mol. The highest BCUT2D eigenvalue weighted by Crippen LogP contribution is 2.35. The third-order valence-corrected chi connectivity index (χ3v) is 3.90. The highest BCUT2D eigenvalue weighted by molar-refractivity contribution is 7.11. The van der Waals surface area contributed by atoms with Crippen LogP contribution in [0.15, 0.2) is 18.2 Å². The van der Waals surface area contributed by atoms with Crippen LogP contribution in [0.3, 0.4) is 0 Å². The van der Waals surface area contributed by atoms with Gasteiger partial charge in [0, 0.05) is 10.9 Å². The number of aromatic nitrogens is 1. The van der Waals surface area contributed by atoms with Crippen LogP contribution in [0.4, 0.5) is 24.5 Å². The molecule has 0 spiro atoms. The van der Waals surface area contributed by atoms with Gasteiger partial charge in [-0.05, 0) is 26.0 Å². The fourth-order valence-corrected chi connectivity index (χ4v) is 2.76. The Morgan fingerprint density at radius 1 is 1.36 bits per heavy atom. The van der Waals surface area contributed by atoms with Crippen molar-refractivity contribution >= 4 is 22.7 Å². The molecule has 0 bridgehead atoms. The van der Waals surface area contributed by atoms with Crippen LogP contribution in [-0.2, 0) is 12.7 Å². The van der Waals surface area contributed by atoms with Gasteiger partial charge in [-0.1, -0.05) is 0 Å². The summed E-state index contributed by atoms with van der Waals surface area (Å²) in [5, 5.41) is 14.6. The van der Waals surface area contributed by atoms with Gasteiger partial charge in [0.1, 0.15) is 5.69 Å². The molecule has 0 atom stereocenters. The number of hydrogen-bond donors (Lipinski definition) is 1. The molecule has 0 saturated heterocycles. The molecule has 2 aromatic rings. The standard InChI is InChI=1S/C13H12F3N3O2S/c1-7-11(18-8(2)22-7)6-17-10-4-3-9(13(14,15)16)5-12(10)19(20)21/h3-5,17H,6H2,1-2H3. The van der Waals surface area contributed by atoms with E-state index >= 15 is 0 Å². The molecule has 0 unspecified atom stereocenters. The SMILES string of the molecule is Cc1nc(CNc2ccc(C(F)(F)F)cc2[N+](=O)[O-])c(C)s1. The average molecular weight is 331 g/mol. The minimum atomic E-state index is -4.62. The molecule has 0 aliphatic rings. The monoisotopic (exact) mass is 331 g/mol. The number of nitro groups is 1. The van der Waals surface area contributed by atoms with Gasteiger partial charge in [0.25, 0.3) is 5.69 Å². The molecule has 9 heteroatoms. The first-order valence-electron chi connectivity index (χ1n) is 6.21. The third-order valence-electron chi connectivity index (χ3n) is 2.97. The first kappa shape index (κ1) is 16.2. The van der Waals surface area contributed by atoms with Gasteiger partial charge in [-0.25, -0.2) is 4.98 Å². The summed E-state index contributed by atoms with van der Waals surface area (Å²) in [6.07, 6.45) is -4.62. The maximum Gasteiger partial charge on any atom is 0.416 e. The molecule has 0 aliphatic heterocycles. The average Bonchev–Trinajstić information content (AvgIpc) is 2.73. The summed E-state index contributed by atoms with van der Waals surface area (Å²) < 4.78 is 37.9. The van der Waals surface area contributed by atoms with Gasteiger partial charge in [0.05, 0.1) is 27.7 Å². The molecule has 0 radical (unpaired) electrons. The van der Waals surface area contributed by atoms with Crippen molar-refractivity contribution < 1.29 is 18.1 Å². The van der Waals surface area contributed by atoms with Gasteiger partial charge in [-0.3, -0.25) is 10.1 Å². The molecule has 0 saturated carbocycles. The molecule has 1 heterocycles. The van der Waals surface area contributed by atoms with E-state index in [4.69, 9.17) is 0 Å². The first-order valence-corrected chi connectivity index (χ1v) is 7.02. The van der Waals surface area contributed by atoms with Crippen LogP contribution in [0.5, 0.6) is 0 Å². The summed E-state index contributed by atoms with van der Waals surface area (Å²) in [6, 6.07) is 2.41. The Kier molecular flexibility index (Phi) is 4.36. The van der Waals surface area contributed by atoms with Crippen LogP contribution in [0.2, 0.25) is 0 Å². The Balaban J connectivity index is 2.27. The van der Waals surface area contributed by atoms with Crippen LogP contribution in [0.25, 0.3) is 0 Å². The summed E-state index contributed by atoms with van der Waals surface area (Å²) in [5.74, 6) is 0. The van der Waals surface area contributed by atoms with Gasteiger partial charge in [-0.2, -0.15) is 13.2 Å². The van der Waals surface area contributed by atoms with Gasteiger partial charge in [0.2, 0.25) is 0 Å². The van der Waals surface area contributed by atoms with E-state index in [-0.39, 0.29) is 12.2 Å². The zero-order valence-corrected chi connectivity index (χ0v) is 12.5. The van der Waals surface area contributed by atoms with E-state index in [0.717, 1.165) is 27.7 Å². The zero-order valence-electron chi connectivity index (χ0n) is 11.7. The number of halogens is 3. The number of alkyl halides is 3. The molecule has 0 aliphatic carbocycles. The molecule has 5 nitrogen and oxygen atoms in total. The number of thiazole rings is 1. The predicted molar refractivity (Wildman–Crippen MR) is 77.0 cm³/mol. The molecule has 1 aromatic carbocycles. The largest absolute Gasteiger partial charge is 0.416 e. The minimum Gasteiger partial charge on any atom is -0.374 e. The molecule has 2 rings (SSSR count). The van der Waals surface area contributed by atoms with Crippen molar-refractivity contribution in [3.05, 3.63) is 49.5 Å². The van der Waals surface area contributed by atoms with Crippen LogP contribution in [0, 0.1) is 24.0 Å². The molecule has 1 N–H and O–H groups in total. The number of aryl methyl sites for hydroxylation is 2. The van der Waals surface area contributed by atoms with E-state index in [1.807, 2.05) is 13.8 Å². The number of nitro benzene ring substituents is 1. The maximum atomic E-state index is 12.6.